The number of aromatic amines is 1. The summed E-state index contributed by atoms with van der Waals surface area (Å²) < 4.78 is 11.7. The van der Waals surface area contributed by atoms with Gasteiger partial charge in [-0.25, -0.2) is 0 Å². The van der Waals surface area contributed by atoms with Gasteiger partial charge in [-0.05, 0) is 34.5 Å². The number of nitrogens with one attached hydrogen (secondary N) is 1. The van der Waals surface area contributed by atoms with Gasteiger partial charge >= 0.3 is 0 Å². The largest absolute Gasteiger partial charge is 0.493 e. The van der Waals surface area contributed by atoms with Crippen molar-refractivity contribution in [1.29, 1.82) is 0 Å². The van der Waals surface area contributed by atoms with Gasteiger partial charge in [0, 0.05) is 5.56 Å². The molecule has 8 heteroatoms. The molecule has 0 aliphatic heterocycles. The van der Waals surface area contributed by atoms with Crippen LogP contribution in [0.15, 0.2) is 16.6 Å². The molecule has 2 rings (SSSR count). The highest BCUT2D eigenvalue weighted by atomic mass is 79.9. The molecule has 112 valence electrons. The molecule has 21 heavy (non-hydrogen) atoms. The van der Waals surface area contributed by atoms with E-state index in [4.69, 9.17) is 15.2 Å². The molecule has 0 fully saturated rings. The second-order valence-electron chi connectivity index (χ2n) is 4.22. The van der Waals surface area contributed by atoms with Gasteiger partial charge in [0.15, 0.2) is 17.2 Å². The molecule has 0 unspecified atom stereocenters. The van der Waals surface area contributed by atoms with Crippen LogP contribution in [0.5, 0.6) is 11.5 Å². The van der Waals surface area contributed by atoms with E-state index in [9.17, 15) is 4.79 Å². The first-order valence-corrected chi connectivity index (χ1v) is 7.09. The summed E-state index contributed by atoms with van der Waals surface area (Å²) in [6.45, 7) is 2.59. The van der Waals surface area contributed by atoms with E-state index in [0.29, 0.717) is 33.8 Å². The molecule has 0 bridgehead atoms. The van der Waals surface area contributed by atoms with Crippen molar-refractivity contribution in [2.24, 2.45) is 5.73 Å². The maximum absolute atomic E-state index is 11.3. The van der Waals surface area contributed by atoms with Crippen LogP contribution in [0.3, 0.4) is 0 Å². The van der Waals surface area contributed by atoms with Crippen LogP contribution in [-0.4, -0.2) is 35.0 Å². The summed E-state index contributed by atoms with van der Waals surface area (Å²) in [4.78, 5) is 11.3. The predicted molar refractivity (Wildman–Crippen MR) is 80.4 cm³/mol. The first-order valence-electron chi connectivity index (χ1n) is 6.29. The Morgan fingerprint density at radius 3 is 2.81 bits per heavy atom. The Labute approximate surface area is 129 Å². The number of ether oxygens (including phenoxy) is 2. The van der Waals surface area contributed by atoms with E-state index < -0.39 is 5.91 Å². The second kappa shape index (κ2) is 6.57. The molecule has 0 atom stereocenters. The minimum atomic E-state index is -0.653. The normalized spacial score (nSPS) is 10.4. The van der Waals surface area contributed by atoms with Gasteiger partial charge in [-0.1, -0.05) is 6.92 Å². The number of halogens is 1. The lowest BCUT2D eigenvalue weighted by atomic mass is 10.1. The molecule has 1 heterocycles. The molecule has 0 saturated heterocycles. The van der Waals surface area contributed by atoms with Crippen LogP contribution in [0.4, 0.5) is 0 Å². The van der Waals surface area contributed by atoms with Crippen molar-refractivity contribution in [3.63, 3.8) is 0 Å². The molecule has 0 aliphatic carbocycles. The minimum absolute atomic E-state index is 0.0752. The number of nitrogens with two attached hydrogens (primary N) is 1. The zero-order chi connectivity index (χ0) is 15.4. The third kappa shape index (κ3) is 3.15. The quantitative estimate of drug-likeness (QED) is 0.826. The lowest BCUT2D eigenvalue weighted by Crippen LogP contribution is -2.12. The average molecular weight is 355 g/mol. The van der Waals surface area contributed by atoms with Gasteiger partial charge in [0.1, 0.15) is 5.69 Å². The highest BCUT2D eigenvalue weighted by molar-refractivity contribution is 9.10. The maximum Gasteiger partial charge on any atom is 0.271 e. The summed E-state index contributed by atoms with van der Waals surface area (Å²) >= 11 is 3.44. The number of carbonyl (C=O) groups is 1. The van der Waals surface area contributed by atoms with Crippen LogP contribution in [0.1, 0.15) is 23.8 Å². The standard InChI is InChI=1S/C13H15BrN4O3/c1-3-4-21-12-8(14)5-7(6-9(12)20-2)10-11(13(15)19)17-18-16-10/h5-6H,3-4H2,1-2H3,(H2,15,19)(H,16,17,18). The molecular weight excluding hydrogens is 340 g/mol. The molecule has 1 aromatic heterocycles. The van der Waals surface area contributed by atoms with Crippen molar-refractivity contribution in [2.75, 3.05) is 13.7 Å². The van der Waals surface area contributed by atoms with Gasteiger partial charge in [0.05, 0.1) is 18.2 Å². The lowest BCUT2D eigenvalue weighted by molar-refractivity contribution is 0.0996. The molecular formula is C13H15BrN4O3. The van der Waals surface area contributed by atoms with Crippen LogP contribution >= 0.6 is 15.9 Å². The van der Waals surface area contributed by atoms with Gasteiger partial charge in [0.25, 0.3) is 5.91 Å². The molecule has 1 aromatic carbocycles. The Kier molecular flexibility index (Phi) is 4.79. The molecule has 0 spiro atoms. The summed E-state index contributed by atoms with van der Waals surface area (Å²) in [7, 11) is 1.54. The Morgan fingerprint density at radius 1 is 1.43 bits per heavy atom. The fraction of sp³-hybridized carbons (Fsp3) is 0.308. The van der Waals surface area contributed by atoms with Crippen LogP contribution < -0.4 is 15.2 Å². The zero-order valence-electron chi connectivity index (χ0n) is 11.6. The average Bonchev–Trinajstić information content (AvgIpc) is 2.94. The van der Waals surface area contributed by atoms with Crippen LogP contribution in [0, 0.1) is 0 Å². The van der Waals surface area contributed by atoms with E-state index in [-0.39, 0.29) is 5.69 Å². The van der Waals surface area contributed by atoms with Crippen molar-refractivity contribution in [2.45, 2.75) is 13.3 Å². The summed E-state index contributed by atoms with van der Waals surface area (Å²) in [6.07, 6.45) is 0.881. The Morgan fingerprint density at radius 2 is 2.19 bits per heavy atom. The Balaban J connectivity index is 2.49. The number of carbonyl (C=O) groups excluding carboxylic acids is 1. The maximum atomic E-state index is 11.3. The smallest absolute Gasteiger partial charge is 0.271 e. The van der Waals surface area contributed by atoms with Gasteiger partial charge < -0.3 is 15.2 Å². The van der Waals surface area contributed by atoms with Crippen molar-refractivity contribution >= 4 is 21.8 Å². The van der Waals surface area contributed by atoms with Crippen molar-refractivity contribution < 1.29 is 14.3 Å². The van der Waals surface area contributed by atoms with Crippen molar-refractivity contribution in [3.8, 4) is 22.8 Å². The molecule has 0 aliphatic rings. The topological polar surface area (TPSA) is 103 Å². The highest BCUT2D eigenvalue weighted by Gasteiger charge is 2.19. The van der Waals surface area contributed by atoms with E-state index in [1.165, 1.54) is 0 Å². The van der Waals surface area contributed by atoms with Gasteiger partial charge in [-0.15, -0.1) is 0 Å². The predicted octanol–water partition coefficient (Wildman–Crippen LogP) is 2.13. The lowest BCUT2D eigenvalue weighted by Gasteiger charge is -2.13. The number of methoxy groups -OCH3 is 1. The summed E-state index contributed by atoms with van der Waals surface area (Å²) in [6, 6.07) is 3.50. The SMILES string of the molecule is CCCOc1c(Br)cc(-c2n[nH]nc2C(N)=O)cc1OC. The molecule has 7 nitrogen and oxygen atoms in total. The van der Waals surface area contributed by atoms with E-state index in [1.807, 2.05) is 6.92 Å². The summed E-state index contributed by atoms with van der Waals surface area (Å²) in [5.74, 6) is 0.485. The number of H-pyrrole nitrogens is 1. The molecule has 0 radical (unpaired) electrons. The number of aromatic nitrogens is 3. The summed E-state index contributed by atoms with van der Waals surface area (Å²) in [5.41, 5.74) is 6.35. The number of benzene rings is 1. The van der Waals surface area contributed by atoms with Crippen LogP contribution in [-0.2, 0) is 0 Å². The van der Waals surface area contributed by atoms with E-state index in [0.717, 1.165) is 6.42 Å². The van der Waals surface area contributed by atoms with Crippen LogP contribution in [0.25, 0.3) is 11.3 Å². The third-order valence-electron chi connectivity index (χ3n) is 2.73. The number of rotatable bonds is 6. The van der Waals surface area contributed by atoms with Crippen molar-refractivity contribution in [1.82, 2.24) is 15.4 Å². The van der Waals surface area contributed by atoms with Gasteiger partial charge in [0.2, 0.25) is 0 Å². The number of hydrogen-bond acceptors (Lipinski definition) is 5. The zero-order valence-corrected chi connectivity index (χ0v) is 13.2. The van der Waals surface area contributed by atoms with E-state index >= 15 is 0 Å². The molecule has 0 saturated carbocycles. The number of hydrogen-bond donors (Lipinski definition) is 2. The monoisotopic (exact) mass is 354 g/mol. The fourth-order valence-electron chi connectivity index (χ4n) is 1.80. The molecule has 3 N–H and O–H groups in total. The first kappa shape index (κ1) is 15.3. The van der Waals surface area contributed by atoms with Crippen LogP contribution in [0.2, 0.25) is 0 Å². The first-order chi connectivity index (χ1) is 10.1. The van der Waals surface area contributed by atoms with Gasteiger partial charge in [-0.2, -0.15) is 15.4 Å². The molecule has 1 amide bonds. The number of amides is 1. The fourth-order valence-corrected chi connectivity index (χ4v) is 2.36. The minimum Gasteiger partial charge on any atom is -0.493 e. The van der Waals surface area contributed by atoms with E-state index in [1.54, 1.807) is 19.2 Å². The third-order valence-corrected chi connectivity index (χ3v) is 3.32. The Hall–Kier alpha value is -2.09. The molecule has 2 aromatic rings. The summed E-state index contributed by atoms with van der Waals surface area (Å²) in [5, 5.41) is 10.1. The highest BCUT2D eigenvalue weighted by Crippen LogP contribution is 2.39. The second-order valence-corrected chi connectivity index (χ2v) is 5.08. The number of primary amides is 1. The van der Waals surface area contributed by atoms with E-state index in [2.05, 4.69) is 31.3 Å². The number of nitrogens with zero attached hydrogens (tertiary/aromatic N) is 2. The van der Waals surface area contributed by atoms with Gasteiger partial charge in [-0.3, -0.25) is 4.79 Å². The Bertz CT molecular complexity index is 657. The van der Waals surface area contributed by atoms with Crippen molar-refractivity contribution in [3.05, 3.63) is 22.3 Å².